The molecule has 0 aromatic heterocycles. The number of rotatable bonds is 8. The molecule has 0 atom stereocenters. The van der Waals surface area contributed by atoms with Gasteiger partial charge in [-0.3, -0.25) is 4.90 Å². The van der Waals surface area contributed by atoms with Crippen molar-refractivity contribution in [3.05, 3.63) is 24.3 Å². The molecule has 1 aliphatic heterocycles. The van der Waals surface area contributed by atoms with Crippen LogP contribution < -0.4 is 10.1 Å². The molecule has 1 aromatic rings. The third-order valence-corrected chi connectivity index (χ3v) is 3.49. The molecule has 1 fully saturated rings. The molecule has 4 heteroatoms. The van der Waals surface area contributed by atoms with E-state index in [1.807, 2.05) is 18.2 Å². The molecule has 1 saturated heterocycles. The van der Waals surface area contributed by atoms with Crippen LogP contribution in [0.25, 0.3) is 0 Å². The Morgan fingerprint density at radius 2 is 2.05 bits per heavy atom. The fourth-order valence-electron chi connectivity index (χ4n) is 2.24. The van der Waals surface area contributed by atoms with E-state index < -0.39 is 0 Å². The Hall–Kier alpha value is -1.26. The molecular weight excluding hydrogens is 252 g/mol. The van der Waals surface area contributed by atoms with Gasteiger partial charge in [0.2, 0.25) is 0 Å². The standard InChI is InChI=1S/C16H26N2O2/c1-2-3-12-20-16-7-5-4-6-15(16)17-8-9-18-10-13-19-14-11-18/h4-7,17H,2-3,8-14H2,1H3. The Kier molecular flexibility index (Phi) is 6.68. The van der Waals surface area contributed by atoms with Crippen molar-refractivity contribution in [2.24, 2.45) is 0 Å². The van der Waals surface area contributed by atoms with Crippen molar-refractivity contribution in [3.63, 3.8) is 0 Å². The topological polar surface area (TPSA) is 33.7 Å². The molecule has 20 heavy (non-hydrogen) atoms. The van der Waals surface area contributed by atoms with Crippen LogP contribution >= 0.6 is 0 Å². The molecule has 1 N–H and O–H groups in total. The first-order valence-electron chi connectivity index (χ1n) is 7.66. The van der Waals surface area contributed by atoms with E-state index >= 15 is 0 Å². The molecule has 2 rings (SSSR count). The first-order chi connectivity index (χ1) is 9.90. The van der Waals surface area contributed by atoms with Gasteiger partial charge in [-0.05, 0) is 18.6 Å². The summed E-state index contributed by atoms with van der Waals surface area (Å²) >= 11 is 0. The number of benzene rings is 1. The highest BCUT2D eigenvalue weighted by molar-refractivity contribution is 5.56. The lowest BCUT2D eigenvalue weighted by molar-refractivity contribution is 0.0398. The van der Waals surface area contributed by atoms with Crippen LogP contribution in [0, 0.1) is 0 Å². The van der Waals surface area contributed by atoms with Crippen LogP contribution in [0.15, 0.2) is 24.3 Å². The Morgan fingerprint density at radius 3 is 2.85 bits per heavy atom. The fourth-order valence-corrected chi connectivity index (χ4v) is 2.24. The number of anilines is 1. The minimum absolute atomic E-state index is 0.790. The van der Waals surface area contributed by atoms with Crippen molar-refractivity contribution in [2.75, 3.05) is 51.3 Å². The molecule has 0 aliphatic carbocycles. The van der Waals surface area contributed by atoms with Gasteiger partial charge in [0.25, 0.3) is 0 Å². The summed E-state index contributed by atoms with van der Waals surface area (Å²) in [4.78, 5) is 2.43. The lowest BCUT2D eigenvalue weighted by Crippen LogP contribution is -2.39. The van der Waals surface area contributed by atoms with Gasteiger partial charge in [0.15, 0.2) is 0 Å². The molecule has 1 aromatic carbocycles. The first kappa shape index (κ1) is 15.1. The maximum atomic E-state index is 5.82. The number of nitrogens with zero attached hydrogens (tertiary/aromatic N) is 1. The molecule has 0 unspecified atom stereocenters. The number of hydrogen-bond acceptors (Lipinski definition) is 4. The van der Waals surface area contributed by atoms with E-state index in [1.165, 1.54) is 0 Å². The van der Waals surface area contributed by atoms with Crippen molar-refractivity contribution in [1.82, 2.24) is 4.90 Å². The van der Waals surface area contributed by atoms with Crippen LogP contribution in [0.3, 0.4) is 0 Å². The maximum absolute atomic E-state index is 5.82. The van der Waals surface area contributed by atoms with E-state index in [9.17, 15) is 0 Å². The number of hydrogen-bond donors (Lipinski definition) is 1. The predicted octanol–water partition coefficient (Wildman–Crippen LogP) is 2.61. The Morgan fingerprint density at radius 1 is 1.25 bits per heavy atom. The lowest BCUT2D eigenvalue weighted by atomic mass is 10.3. The average molecular weight is 278 g/mol. The second kappa shape index (κ2) is 8.82. The molecule has 0 radical (unpaired) electrons. The van der Waals surface area contributed by atoms with Gasteiger partial charge >= 0.3 is 0 Å². The van der Waals surface area contributed by atoms with Crippen LogP contribution in [0.5, 0.6) is 5.75 Å². The number of unbranched alkanes of at least 4 members (excludes halogenated alkanes) is 1. The highest BCUT2D eigenvalue weighted by atomic mass is 16.5. The summed E-state index contributed by atoms with van der Waals surface area (Å²) < 4.78 is 11.2. The van der Waals surface area contributed by atoms with E-state index in [4.69, 9.17) is 9.47 Å². The summed E-state index contributed by atoms with van der Waals surface area (Å²) in [5, 5.41) is 3.48. The van der Waals surface area contributed by atoms with Crippen molar-refractivity contribution in [3.8, 4) is 5.75 Å². The average Bonchev–Trinajstić information content (AvgIpc) is 2.50. The first-order valence-corrected chi connectivity index (χ1v) is 7.66. The van der Waals surface area contributed by atoms with Crippen LogP contribution in [-0.4, -0.2) is 50.9 Å². The van der Waals surface area contributed by atoms with Gasteiger partial charge in [0.05, 0.1) is 25.5 Å². The molecule has 4 nitrogen and oxygen atoms in total. The Labute approximate surface area is 122 Å². The summed E-state index contributed by atoms with van der Waals surface area (Å²) in [5.74, 6) is 0.961. The minimum atomic E-state index is 0.790. The highest BCUT2D eigenvalue weighted by Gasteiger charge is 2.09. The zero-order chi connectivity index (χ0) is 14.0. The second-order valence-electron chi connectivity index (χ2n) is 5.08. The van der Waals surface area contributed by atoms with E-state index in [0.29, 0.717) is 0 Å². The van der Waals surface area contributed by atoms with Crippen LogP contribution in [-0.2, 0) is 4.74 Å². The molecule has 1 heterocycles. The normalized spacial score (nSPS) is 16.1. The highest BCUT2D eigenvalue weighted by Crippen LogP contribution is 2.23. The summed E-state index contributed by atoms with van der Waals surface area (Å²) in [6.45, 7) is 8.75. The van der Waals surface area contributed by atoms with Gasteiger partial charge < -0.3 is 14.8 Å². The maximum Gasteiger partial charge on any atom is 0.142 e. The van der Waals surface area contributed by atoms with Gasteiger partial charge in [-0.25, -0.2) is 0 Å². The number of nitrogens with one attached hydrogen (secondary N) is 1. The molecule has 0 saturated carbocycles. The van der Waals surface area contributed by atoms with Crippen molar-refractivity contribution >= 4 is 5.69 Å². The van der Waals surface area contributed by atoms with E-state index in [0.717, 1.165) is 70.3 Å². The quantitative estimate of drug-likeness (QED) is 0.741. The number of para-hydroxylation sites is 2. The molecule has 0 bridgehead atoms. The number of morpholine rings is 1. The van der Waals surface area contributed by atoms with E-state index in [1.54, 1.807) is 0 Å². The van der Waals surface area contributed by atoms with Gasteiger partial charge in [-0.1, -0.05) is 25.5 Å². The Bertz CT molecular complexity index is 378. The SMILES string of the molecule is CCCCOc1ccccc1NCCN1CCOCC1. The zero-order valence-electron chi connectivity index (χ0n) is 12.4. The summed E-state index contributed by atoms with van der Waals surface area (Å²) in [6.07, 6.45) is 2.26. The molecule has 112 valence electrons. The summed E-state index contributed by atoms with van der Waals surface area (Å²) in [6, 6.07) is 8.19. The molecule has 0 amide bonds. The van der Waals surface area contributed by atoms with Crippen LogP contribution in [0.4, 0.5) is 5.69 Å². The van der Waals surface area contributed by atoms with Crippen LogP contribution in [0.2, 0.25) is 0 Å². The monoisotopic (exact) mass is 278 g/mol. The fraction of sp³-hybridized carbons (Fsp3) is 0.625. The minimum Gasteiger partial charge on any atom is -0.491 e. The lowest BCUT2D eigenvalue weighted by Gasteiger charge is -2.26. The van der Waals surface area contributed by atoms with Crippen LogP contribution in [0.1, 0.15) is 19.8 Å². The van der Waals surface area contributed by atoms with Crippen molar-refractivity contribution < 1.29 is 9.47 Å². The van der Waals surface area contributed by atoms with Gasteiger partial charge in [-0.15, -0.1) is 0 Å². The summed E-state index contributed by atoms with van der Waals surface area (Å²) in [7, 11) is 0. The largest absolute Gasteiger partial charge is 0.491 e. The predicted molar refractivity (Wildman–Crippen MR) is 82.6 cm³/mol. The number of ether oxygens (including phenoxy) is 2. The van der Waals surface area contributed by atoms with Gasteiger partial charge in [0.1, 0.15) is 5.75 Å². The van der Waals surface area contributed by atoms with Gasteiger partial charge in [0, 0.05) is 26.2 Å². The van der Waals surface area contributed by atoms with E-state index in [2.05, 4.69) is 23.2 Å². The third kappa shape index (κ3) is 5.02. The van der Waals surface area contributed by atoms with Crippen molar-refractivity contribution in [2.45, 2.75) is 19.8 Å². The van der Waals surface area contributed by atoms with Gasteiger partial charge in [-0.2, -0.15) is 0 Å². The second-order valence-corrected chi connectivity index (χ2v) is 5.08. The van der Waals surface area contributed by atoms with E-state index in [-0.39, 0.29) is 0 Å². The molecule has 0 spiro atoms. The smallest absolute Gasteiger partial charge is 0.142 e. The van der Waals surface area contributed by atoms with Crippen molar-refractivity contribution in [1.29, 1.82) is 0 Å². The third-order valence-electron chi connectivity index (χ3n) is 3.49. The summed E-state index contributed by atoms with van der Waals surface area (Å²) in [5.41, 5.74) is 1.09. The Balaban J connectivity index is 1.76. The molecule has 1 aliphatic rings. The molecular formula is C16H26N2O2. The zero-order valence-corrected chi connectivity index (χ0v) is 12.4.